The minimum Gasteiger partial charge on any atom is -0.388 e. The summed E-state index contributed by atoms with van der Waals surface area (Å²) in [5.74, 6) is 0.329. The first kappa shape index (κ1) is 22.2. The molecular formula is C17H31ClN2O5S. The summed E-state index contributed by atoms with van der Waals surface area (Å²) in [6.07, 6.45) is -1.27. The van der Waals surface area contributed by atoms with Crippen LogP contribution in [0.3, 0.4) is 0 Å². The Balaban J connectivity index is 2.11. The predicted molar refractivity (Wildman–Crippen MR) is 102 cm³/mol. The maximum Gasteiger partial charge on any atom is 0.237 e. The summed E-state index contributed by atoms with van der Waals surface area (Å²) in [4.78, 5) is 14.8. The lowest BCUT2D eigenvalue weighted by Crippen LogP contribution is -2.65. The summed E-state index contributed by atoms with van der Waals surface area (Å²) >= 11 is 7.52. The van der Waals surface area contributed by atoms with E-state index in [2.05, 4.69) is 12.2 Å². The van der Waals surface area contributed by atoms with Gasteiger partial charge in [0, 0.05) is 6.54 Å². The molecule has 0 aromatic heterocycles. The molecule has 0 bridgehead atoms. The Morgan fingerprint density at radius 2 is 2.00 bits per heavy atom. The molecule has 7 nitrogen and oxygen atoms in total. The van der Waals surface area contributed by atoms with Crippen LogP contribution in [-0.4, -0.2) is 93.3 Å². The number of nitrogens with one attached hydrogen (secondary N) is 1. The lowest BCUT2D eigenvalue weighted by atomic mass is 9.92. The molecule has 0 saturated carbocycles. The molecule has 0 unspecified atom stereocenters. The molecule has 2 heterocycles. The van der Waals surface area contributed by atoms with Gasteiger partial charge in [-0.25, -0.2) is 0 Å². The molecule has 2 saturated heterocycles. The van der Waals surface area contributed by atoms with Crippen molar-refractivity contribution in [2.75, 3.05) is 19.8 Å². The van der Waals surface area contributed by atoms with Crippen molar-refractivity contribution >= 4 is 29.3 Å². The summed E-state index contributed by atoms with van der Waals surface area (Å²) in [7, 11) is 1.93. The standard InChI is InChI=1S/C17H31ClN2O5S/c1-5-9-6-10(20(3)7-9)16(24)19-11(8(2)18)15-13(22)12(21)14(23)17(25-15)26-4/h8-15,17,21-23H,5-7H2,1-4H3,(H,19,24)/t8-,9+,10-,11+,12-,13+,14+,15+,17+/m0/s1. The number of ether oxygens (including phenoxy) is 1. The number of hydrogen-bond donors (Lipinski definition) is 4. The zero-order chi connectivity index (χ0) is 19.6. The van der Waals surface area contributed by atoms with Crippen LogP contribution in [0.1, 0.15) is 26.7 Å². The fourth-order valence-electron chi connectivity index (χ4n) is 3.79. The van der Waals surface area contributed by atoms with Gasteiger partial charge in [-0.05, 0) is 32.6 Å². The number of hydrogen-bond acceptors (Lipinski definition) is 7. The van der Waals surface area contributed by atoms with Crippen molar-refractivity contribution in [3.8, 4) is 0 Å². The van der Waals surface area contributed by atoms with Crippen LogP contribution in [0.4, 0.5) is 0 Å². The van der Waals surface area contributed by atoms with Gasteiger partial charge >= 0.3 is 0 Å². The minimum atomic E-state index is -1.36. The number of aliphatic hydroxyl groups is 3. The van der Waals surface area contributed by atoms with Crippen molar-refractivity contribution in [2.45, 2.75) is 74.0 Å². The van der Waals surface area contributed by atoms with Gasteiger partial charge in [0.25, 0.3) is 0 Å². The molecule has 0 spiro atoms. The van der Waals surface area contributed by atoms with E-state index in [1.807, 2.05) is 11.9 Å². The monoisotopic (exact) mass is 410 g/mol. The van der Waals surface area contributed by atoms with E-state index in [9.17, 15) is 20.1 Å². The smallest absolute Gasteiger partial charge is 0.237 e. The van der Waals surface area contributed by atoms with Gasteiger partial charge in [-0.2, -0.15) is 0 Å². The van der Waals surface area contributed by atoms with Crippen LogP contribution in [0.15, 0.2) is 0 Å². The summed E-state index contributed by atoms with van der Waals surface area (Å²) in [6.45, 7) is 4.70. The number of rotatable bonds is 6. The molecule has 2 aliphatic heterocycles. The molecular weight excluding hydrogens is 380 g/mol. The zero-order valence-electron chi connectivity index (χ0n) is 15.7. The number of aliphatic hydroxyl groups excluding tert-OH is 3. The number of nitrogens with zero attached hydrogens (tertiary/aromatic N) is 1. The van der Waals surface area contributed by atoms with E-state index in [0.717, 1.165) is 19.4 Å². The number of likely N-dealkylation sites (N-methyl/N-ethyl adjacent to an activating group) is 1. The third-order valence-electron chi connectivity index (χ3n) is 5.51. The number of thioether (sulfide) groups is 1. The van der Waals surface area contributed by atoms with Crippen LogP contribution in [0.5, 0.6) is 0 Å². The van der Waals surface area contributed by atoms with Gasteiger partial charge in [-0.15, -0.1) is 23.4 Å². The van der Waals surface area contributed by atoms with Crippen molar-refractivity contribution in [3.05, 3.63) is 0 Å². The molecule has 9 heteroatoms. The highest BCUT2D eigenvalue weighted by atomic mass is 35.5. The summed E-state index contributed by atoms with van der Waals surface area (Å²) < 4.78 is 5.78. The van der Waals surface area contributed by atoms with E-state index < -0.39 is 41.3 Å². The molecule has 2 rings (SSSR count). The second-order valence-corrected chi connectivity index (χ2v) is 8.98. The third-order valence-corrected chi connectivity index (χ3v) is 6.64. The zero-order valence-corrected chi connectivity index (χ0v) is 17.3. The lowest BCUT2D eigenvalue weighted by molar-refractivity contribution is -0.205. The summed E-state index contributed by atoms with van der Waals surface area (Å²) in [6, 6.07) is -0.935. The SMILES string of the molecule is CC[C@@H]1C[C@@H](C(=O)N[C@@H]([C@H]2O[C@H](SC)[C@H](O)[C@@H](O)[C@H]2O)[C@H](C)Cl)N(C)C1. The van der Waals surface area contributed by atoms with Gasteiger partial charge in [-0.1, -0.05) is 13.3 Å². The van der Waals surface area contributed by atoms with Gasteiger partial charge in [0.15, 0.2) is 0 Å². The van der Waals surface area contributed by atoms with E-state index in [1.54, 1.807) is 13.2 Å². The first-order chi connectivity index (χ1) is 12.2. The van der Waals surface area contributed by atoms with Gasteiger partial charge in [0.1, 0.15) is 29.9 Å². The number of alkyl halides is 1. The van der Waals surface area contributed by atoms with Gasteiger partial charge in [-0.3, -0.25) is 9.69 Å². The predicted octanol–water partition coefficient (Wildman–Crippen LogP) is -0.000600. The van der Waals surface area contributed by atoms with Crippen LogP contribution in [0.25, 0.3) is 0 Å². The molecule has 0 aromatic rings. The van der Waals surface area contributed by atoms with Crippen LogP contribution >= 0.6 is 23.4 Å². The number of halogens is 1. The molecule has 0 aliphatic carbocycles. The van der Waals surface area contributed by atoms with Gasteiger partial charge < -0.3 is 25.4 Å². The number of likely N-dealkylation sites (tertiary alicyclic amines) is 1. The van der Waals surface area contributed by atoms with Crippen LogP contribution in [0, 0.1) is 5.92 Å². The molecule has 152 valence electrons. The second-order valence-electron chi connectivity index (χ2n) is 7.35. The largest absolute Gasteiger partial charge is 0.388 e. The Morgan fingerprint density at radius 1 is 1.35 bits per heavy atom. The normalized spacial score (nSPS) is 41.0. The minimum absolute atomic E-state index is 0.155. The molecule has 2 aliphatic rings. The Kier molecular flexibility index (Phi) is 8.03. The molecule has 2 fully saturated rings. The summed E-state index contributed by atoms with van der Waals surface area (Å²) in [5.41, 5.74) is -0.702. The van der Waals surface area contributed by atoms with Gasteiger partial charge in [0.2, 0.25) is 5.91 Å². The lowest BCUT2D eigenvalue weighted by Gasteiger charge is -2.44. The van der Waals surface area contributed by atoms with E-state index >= 15 is 0 Å². The highest BCUT2D eigenvalue weighted by molar-refractivity contribution is 7.99. The van der Waals surface area contributed by atoms with E-state index in [4.69, 9.17) is 16.3 Å². The maximum atomic E-state index is 12.8. The van der Waals surface area contributed by atoms with Crippen molar-refractivity contribution < 1.29 is 24.9 Å². The Bertz CT molecular complexity index is 484. The number of amides is 1. The third kappa shape index (κ3) is 4.66. The second kappa shape index (κ2) is 9.41. The average molecular weight is 411 g/mol. The van der Waals surface area contributed by atoms with Crippen LogP contribution < -0.4 is 5.32 Å². The molecule has 26 heavy (non-hydrogen) atoms. The van der Waals surface area contributed by atoms with Gasteiger partial charge in [0.05, 0.1) is 17.5 Å². The summed E-state index contributed by atoms with van der Waals surface area (Å²) in [5, 5.41) is 32.9. The van der Waals surface area contributed by atoms with Crippen molar-refractivity contribution in [1.29, 1.82) is 0 Å². The van der Waals surface area contributed by atoms with E-state index in [0.29, 0.717) is 5.92 Å². The Labute approximate surface area is 164 Å². The topological polar surface area (TPSA) is 102 Å². The number of carbonyl (C=O) groups is 1. The maximum absolute atomic E-state index is 12.8. The highest BCUT2D eigenvalue weighted by Gasteiger charge is 2.48. The van der Waals surface area contributed by atoms with Crippen molar-refractivity contribution in [3.63, 3.8) is 0 Å². The quantitative estimate of drug-likeness (QED) is 0.457. The van der Waals surface area contributed by atoms with Crippen LogP contribution in [0.2, 0.25) is 0 Å². The fourth-order valence-corrected chi connectivity index (χ4v) is 4.68. The Morgan fingerprint density at radius 3 is 2.50 bits per heavy atom. The fraction of sp³-hybridized carbons (Fsp3) is 0.941. The van der Waals surface area contributed by atoms with Crippen molar-refractivity contribution in [2.24, 2.45) is 5.92 Å². The molecule has 0 radical (unpaired) electrons. The molecule has 4 N–H and O–H groups in total. The number of carbonyl (C=O) groups excluding carboxylic acids is 1. The average Bonchev–Trinajstić information content (AvgIpc) is 2.99. The van der Waals surface area contributed by atoms with Crippen LogP contribution in [-0.2, 0) is 9.53 Å². The van der Waals surface area contributed by atoms with E-state index in [-0.39, 0.29) is 11.9 Å². The highest BCUT2D eigenvalue weighted by Crippen LogP contribution is 2.31. The molecule has 9 atom stereocenters. The van der Waals surface area contributed by atoms with E-state index in [1.165, 1.54) is 11.8 Å². The Hall–Kier alpha value is -0.0900. The van der Waals surface area contributed by atoms with Crippen molar-refractivity contribution in [1.82, 2.24) is 10.2 Å². The molecule has 1 amide bonds. The molecule has 0 aromatic carbocycles. The first-order valence-corrected chi connectivity index (χ1v) is 10.8. The first-order valence-electron chi connectivity index (χ1n) is 9.08.